The van der Waals surface area contributed by atoms with E-state index in [-0.39, 0.29) is 42.9 Å². The lowest BCUT2D eigenvalue weighted by molar-refractivity contribution is -0.151. The Morgan fingerprint density at radius 1 is 1.13 bits per heavy atom. The Hall–Kier alpha value is -1.93. The smallest absolute Gasteiger partial charge is 0.332 e. The second kappa shape index (κ2) is 9.47. The molecule has 30 heavy (non-hydrogen) atoms. The van der Waals surface area contributed by atoms with Gasteiger partial charge in [0.05, 0.1) is 6.04 Å². The molecular formula is C24H30Cl2N2O2. The topological polar surface area (TPSA) is 32.8 Å². The Morgan fingerprint density at radius 2 is 1.83 bits per heavy atom. The third-order valence-corrected chi connectivity index (χ3v) is 6.24. The van der Waals surface area contributed by atoms with Crippen LogP contribution in [0.3, 0.4) is 0 Å². The van der Waals surface area contributed by atoms with Crippen molar-refractivity contribution in [1.29, 1.82) is 0 Å². The number of rotatable bonds is 1. The fourth-order valence-corrected chi connectivity index (χ4v) is 4.70. The average Bonchev–Trinajstić information content (AvgIpc) is 2.96. The van der Waals surface area contributed by atoms with E-state index in [0.717, 1.165) is 35.4 Å². The van der Waals surface area contributed by atoms with Crippen molar-refractivity contribution in [2.45, 2.75) is 50.8 Å². The second-order valence-corrected chi connectivity index (χ2v) is 8.35. The third kappa shape index (κ3) is 4.39. The van der Waals surface area contributed by atoms with Crippen molar-refractivity contribution >= 4 is 36.5 Å². The Morgan fingerprint density at radius 3 is 2.50 bits per heavy atom. The molecule has 0 radical (unpaired) electrons. The number of carbonyl (C=O) groups excluding carboxylic acids is 1. The number of nitrogens with zero attached hydrogens (tertiary/aromatic N) is 2. The number of hydrogen-bond acceptors (Lipinski definition) is 4. The van der Waals surface area contributed by atoms with E-state index in [1.165, 1.54) is 12.8 Å². The van der Waals surface area contributed by atoms with Gasteiger partial charge in [-0.15, -0.1) is 24.8 Å². The quantitative estimate of drug-likeness (QED) is 0.471. The Bertz CT molecular complexity index is 911. The molecule has 162 valence electrons. The number of carbonyl (C=O) groups is 1. The van der Waals surface area contributed by atoms with Gasteiger partial charge in [-0.05, 0) is 57.5 Å². The molecule has 1 saturated heterocycles. The van der Waals surface area contributed by atoms with Crippen molar-refractivity contribution in [3.05, 3.63) is 53.1 Å². The van der Waals surface area contributed by atoms with Crippen LogP contribution in [0, 0.1) is 11.8 Å². The van der Waals surface area contributed by atoms with Crippen molar-refractivity contribution < 1.29 is 9.53 Å². The van der Waals surface area contributed by atoms with Gasteiger partial charge in [0.1, 0.15) is 0 Å². The van der Waals surface area contributed by atoms with Gasteiger partial charge in [-0.1, -0.05) is 24.3 Å². The SMILES string of the molecule is C[C@H]1C=C(C#Cc2ccc(N(C)C)cc2)C2=CC(=O)O[C@]2(C)[C@H]2CCCCN12.Cl.Cl. The van der Waals surface area contributed by atoms with Crippen LogP contribution in [0.4, 0.5) is 5.69 Å². The van der Waals surface area contributed by atoms with Gasteiger partial charge in [0.25, 0.3) is 0 Å². The molecule has 3 aliphatic heterocycles. The van der Waals surface area contributed by atoms with Crippen LogP contribution in [0.15, 0.2) is 47.6 Å². The largest absolute Gasteiger partial charge is 0.450 e. The fourth-order valence-electron chi connectivity index (χ4n) is 4.70. The van der Waals surface area contributed by atoms with Gasteiger partial charge in [0.2, 0.25) is 0 Å². The predicted molar refractivity (Wildman–Crippen MR) is 127 cm³/mol. The van der Waals surface area contributed by atoms with Crippen molar-refractivity contribution in [2.24, 2.45) is 0 Å². The minimum absolute atomic E-state index is 0. The summed E-state index contributed by atoms with van der Waals surface area (Å²) in [5.41, 5.74) is 3.36. The molecule has 0 amide bonds. The fraction of sp³-hybridized carbons (Fsp3) is 0.458. The molecule has 0 aliphatic carbocycles. The van der Waals surface area contributed by atoms with Gasteiger partial charge in [-0.25, -0.2) is 4.79 Å². The van der Waals surface area contributed by atoms with E-state index >= 15 is 0 Å². The lowest BCUT2D eigenvalue weighted by Crippen LogP contribution is -2.55. The second-order valence-electron chi connectivity index (χ2n) is 8.35. The molecule has 0 aromatic heterocycles. The number of hydrogen-bond donors (Lipinski definition) is 0. The molecule has 3 atom stereocenters. The predicted octanol–water partition coefficient (Wildman–Crippen LogP) is 4.37. The summed E-state index contributed by atoms with van der Waals surface area (Å²) in [6.45, 7) is 5.32. The minimum Gasteiger partial charge on any atom is -0.450 e. The molecule has 0 bridgehead atoms. The Kier molecular flexibility index (Phi) is 7.69. The normalized spacial score (nSPS) is 27.4. The van der Waals surface area contributed by atoms with Crippen LogP contribution in [0.2, 0.25) is 0 Å². The van der Waals surface area contributed by atoms with Crippen LogP contribution in [0.1, 0.15) is 38.7 Å². The maximum absolute atomic E-state index is 12.2. The first kappa shape index (κ1) is 24.3. The van der Waals surface area contributed by atoms with Crippen molar-refractivity contribution in [1.82, 2.24) is 4.90 Å². The highest BCUT2D eigenvalue weighted by Crippen LogP contribution is 2.44. The molecule has 1 aromatic rings. The average molecular weight is 449 g/mol. The number of ether oxygens (including phenoxy) is 1. The molecule has 4 nitrogen and oxygen atoms in total. The Balaban J connectivity index is 0.00000160. The summed E-state index contributed by atoms with van der Waals surface area (Å²) in [5.74, 6) is 6.40. The zero-order valence-electron chi connectivity index (χ0n) is 18.0. The van der Waals surface area contributed by atoms with Crippen LogP contribution in [0.25, 0.3) is 0 Å². The molecule has 4 rings (SSSR count). The minimum atomic E-state index is -0.614. The van der Waals surface area contributed by atoms with Gasteiger partial charge in [0.15, 0.2) is 5.60 Å². The monoisotopic (exact) mass is 448 g/mol. The van der Waals surface area contributed by atoms with E-state index in [1.54, 1.807) is 6.08 Å². The van der Waals surface area contributed by atoms with Crippen LogP contribution in [-0.4, -0.2) is 49.2 Å². The van der Waals surface area contributed by atoms with Gasteiger partial charge >= 0.3 is 5.97 Å². The van der Waals surface area contributed by atoms with E-state index in [9.17, 15) is 4.79 Å². The zero-order valence-corrected chi connectivity index (χ0v) is 19.6. The lowest BCUT2D eigenvalue weighted by Gasteiger charge is -2.45. The first-order valence-electron chi connectivity index (χ1n) is 10.1. The van der Waals surface area contributed by atoms with E-state index in [4.69, 9.17) is 4.74 Å². The van der Waals surface area contributed by atoms with Crippen molar-refractivity contribution in [2.75, 3.05) is 25.5 Å². The summed E-state index contributed by atoms with van der Waals surface area (Å²) in [5, 5.41) is 0. The molecule has 6 heteroatoms. The van der Waals surface area contributed by atoms with Crippen molar-refractivity contribution in [3.63, 3.8) is 0 Å². The number of esters is 1. The summed E-state index contributed by atoms with van der Waals surface area (Å²) < 4.78 is 5.89. The standard InChI is InChI=1S/C24H28N2O2.2ClH/c1-17-15-19(11-8-18-9-12-20(13-10-18)25(3)4)21-16-23(27)28-24(21,2)22-7-5-6-14-26(17)22;;/h9-10,12-13,15-17,22H,5-7,14H2,1-4H3;2*1H/t17-,22+,24-;;/m0../s1. The summed E-state index contributed by atoms with van der Waals surface area (Å²) in [7, 11) is 4.05. The molecule has 1 aromatic carbocycles. The Labute approximate surface area is 192 Å². The highest BCUT2D eigenvalue weighted by atomic mass is 35.5. The van der Waals surface area contributed by atoms with Crippen LogP contribution < -0.4 is 4.90 Å². The molecule has 0 unspecified atom stereocenters. The number of halogens is 2. The summed E-state index contributed by atoms with van der Waals surface area (Å²) >= 11 is 0. The van der Waals surface area contributed by atoms with Crippen LogP contribution in [0.5, 0.6) is 0 Å². The summed E-state index contributed by atoms with van der Waals surface area (Å²) in [6, 6.07) is 8.70. The molecule has 3 aliphatic rings. The maximum atomic E-state index is 12.2. The van der Waals surface area contributed by atoms with Gasteiger partial charge in [-0.3, -0.25) is 4.90 Å². The third-order valence-electron chi connectivity index (χ3n) is 6.24. The van der Waals surface area contributed by atoms with E-state index in [0.29, 0.717) is 0 Å². The van der Waals surface area contributed by atoms with Gasteiger partial charge in [0, 0.05) is 48.6 Å². The van der Waals surface area contributed by atoms with Crippen LogP contribution in [-0.2, 0) is 9.53 Å². The summed E-state index contributed by atoms with van der Waals surface area (Å²) in [6.07, 6.45) is 7.27. The first-order valence-corrected chi connectivity index (χ1v) is 10.1. The van der Waals surface area contributed by atoms with E-state index in [1.807, 2.05) is 26.2 Å². The molecule has 0 N–H and O–H groups in total. The highest BCUT2D eigenvalue weighted by Gasteiger charge is 2.51. The number of fused-ring (bicyclic) bond motifs is 3. The number of piperidine rings is 1. The summed E-state index contributed by atoms with van der Waals surface area (Å²) in [4.78, 5) is 16.8. The van der Waals surface area contributed by atoms with Gasteiger partial charge in [-0.2, -0.15) is 0 Å². The van der Waals surface area contributed by atoms with E-state index < -0.39 is 5.60 Å². The van der Waals surface area contributed by atoms with Gasteiger partial charge < -0.3 is 9.64 Å². The zero-order chi connectivity index (χ0) is 19.9. The highest BCUT2D eigenvalue weighted by molar-refractivity contribution is 5.89. The lowest BCUT2D eigenvalue weighted by atomic mass is 9.81. The molecule has 3 heterocycles. The first-order chi connectivity index (χ1) is 13.4. The molecule has 0 saturated carbocycles. The van der Waals surface area contributed by atoms with Crippen molar-refractivity contribution in [3.8, 4) is 11.8 Å². The van der Waals surface area contributed by atoms with Crippen LogP contribution >= 0.6 is 24.8 Å². The molecule has 0 spiro atoms. The molecule has 1 fully saturated rings. The molecular weight excluding hydrogens is 419 g/mol. The van der Waals surface area contributed by atoms with E-state index in [2.05, 4.69) is 53.7 Å². The number of benzene rings is 1. The number of anilines is 1. The maximum Gasteiger partial charge on any atom is 0.332 e.